The van der Waals surface area contributed by atoms with Crippen molar-refractivity contribution < 1.29 is 9.59 Å². The van der Waals surface area contributed by atoms with Gasteiger partial charge < -0.3 is 10.3 Å². The average Bonchev–Trinajstić information content (AvgIpc) is 3.03. The molecule has 128 valence electrons. The van der Waals surface area contributed by atoms with E-state index in [1.165, 1.54) is 0 Å². The molecule has 1 aromatic carbocycles. The number of nitrogens with zero attached hydrogens (tertiary/aromatic N) is 2. The number of amides is 1. The fourth-order valence-corrected chi connectivity index (χ4v) is 2.69. The zero-order valence-electron chi connectivity index (χ0n) is 14.5. The van der Waals surface area contributed by atoms with Crippen molar-refractivity contribution in [1.82, 2.24) is 20.3 Å². The molecule has 0 aliphatic carbocycles. The van der Waals surface area contributed by atoms with Gasteiger partial charge in [-0.3, -0.25) is 9.59 Å². The molecule has 0 aliphatic rings. The van der Waals surface area contributed by atoms with Gasteiger partial charge in [0.15, 0.2) is 11.4 Å². The van der Waals surface area contributed by atoms with Gasteiger partial charge in [-0.1, -0.05) is 26.0 Å². The molecular formula is C19H20N4O2. The summed E-state index contributed by atoms with van der Waals surface area (Å²) in [6.07, 6.45) is 3.77. The monoisotopic (exact) mass is 336 g/mol. The predicted molar refractivity (Wildman–Crippen MR) is 96.5 cm³/mol. The zero-order chi connectivity index (χ0) is 18.0. The summed E-state index contributed by atoms with van der Waals surface area (Å²) in [5.74, 6) is 0.162. The van der Waals surface area contributed by atoms with Crippen LogP contribution in [0.25, 0.3) is 22.4 Å². The molecule has 0 bridgehead atoms. The summed E-state index contributed by atoms with van der Waals surface area (Å²) in [6.45, 7) is 4.02. The maximum Gasteiger partial charge on any atom is 0.251 e. The molecule has 0 atom stereocenters. The fraction of sp³-hybridized carbons (Fsp3) is 0.263. The van der Waals surface area contributed by atoms with E-state index in [4.69, 9.17) is 0 Å². The largest absolute Gasteiger partial charge is 0.355 e. The Morgan fingerprint density at radius 3 is 2.80 bits per heavy atom. The smallest absolute Gasteiger partial charge is 0.251 e. The molecule has 2 aromatic heterocycles. The summed E-state index contributed by atoms with van der Waals surface area (Å²) in [6, 6.07) is 7.16. The number of nitrogens with one attached hydrogen (secondary N) is 2. The molecule has 0 saturated carbocycles. The van der Waals surface area contributed by atoms with Crippen molar-refractivity contribution in [3.8, 4) is 11.3 Å². The number of fused-ring (bicyclic) bond motifs is 1. The van der Waals surface area contributed by atoms with Crippen LogP contribution in [0.4, 0.5) is 0 Å². The minimum absolute atomic E-state index is 0.0480. The first kappa shape index (κ1) is 16.8. The number of Topliss-reactive ketones (excluding diaryl/α,β-unsaturated/α-hetero) is 1. The Hall–Kier alpha value is -3.02. The van der Waals surface area contributed by atoms with Crippen molar-refractivity contribution in [3.05, 3.63) is 47.8 Å². The van der Waals surface area contributed by atoms with Crippen molar-refractivity contribution in [1.29, 1.82) is 0 Å². The summed E-state index contributed by atoms with van der Waals surface area (Å²) >= 11 is 0. The number of ketones is 1. The van der Waals surface area contributed by atoms with Crippen LogP contribution in [-0.2, 0) is 0 Å². The fourth-order valence-electron chi connectivity index (χ4n) is 2.69. The van der Waals surface area contributed by atoms with E-state index < -0.39 is 0 Å². The van der Waals surface area contributed by atoms with Gasteiger partial charge in [0.1, 0.15) is 5.52 Å². The summed E-state index contributed by atoms with van der Waals surface area (Å²) < 4.78 is 0. The minimum atomic E-state index is -0.162. The average molecular weight is 336 g/mol. The lowest BCUT2D eigenvalue weighted by atomic mass is 10.0. The van der Waals surface area contributed by atoms with Crippen LogP contribution in [0.15, 0.2) is 36.7 Å². The molecule has 2 heterocycles. The summed E-state index contributed by atoms with van der Waals surface area (Å²) in [5.41, 5.74) is 3.65. The lowest BCUT2D eigenvalue weighted by Crippen LogP contribution is -2.17. The molecule has 0 spiro atoms. The maximum atomic E-state index is 12.4. The zero-order valence-corrected chi connectivity index (χ0v) is 14.5. The Bertz CT molecular complexity index is 944. The number of rotatable bonds is 5. The highest BCUT2D eigenvalue weighted by Gasteiger charge is 2.16. The second kappa shape index (κ2) is 6.84. The quantitative estimate of drug-likeness (QED) is 0.700. The first-order chi connectivity index (χ1) is 12.0. The highest BCUT2D eigenvalue weighted by molar-refractivity contribution is 6.06. The van der Waals surface area contributed by atoms with Crippen molar-refractivity contribution in [2.24, 2.45) is 5.92 Å². The van der Waals surface area contributed by atoms with Crippen LogP contribution in [0, 0.1) is 5.92 Å². The number of carbonyl (C=O) groups excluding carboxylic acids is 2. The standard InChI is InChI=1S/C19H20N4O2/c1-11(2)7-16(24)14-9-21-18-17(14)23-15(10-22-18)12-5-4-6-13(8-12)19(25)20-3/h4-6,8-11H,7H2,1-3H3,(H,20,25)(H,21,22). The lowest BCUT2D eigenvalue weighted by molar-refractivity contribution is 0.0957. The second-order valence-corrected chi connectivity index (χ2v) is 6.34. The van der Waals surface area contributed by atoms with E-state index in [1.54, 1.807) is 37.6 Å². The van der Waals surface area contributed by atoms with E-state index in [1.807, 2.05) is 19.9 Å². The first-order valence-corrected chi connectivity index (χ1v) is 8.19. The van der Waals surface area contributed by atoms with E-state index in [0.717, 1.165) is 5.56 Å². The molecule has 3 rings (SSSR count). The molecule has 6 heteroatoms. The van der Waals surface area contributed by atoms with Crippen molar-refractivity contribution in [3.63, 3.8) is 0 Å². The van der Waals surface area contributed by atoms with Crippen LogP contribution in [0.2, 0.25) is 0 Å². The van der Waals surface area contributed by atoms with Gasteiger partial charge in [0, 0.05) is 30.8 Å². The summed E-state index contributed by atoms with van der Waals surface area (Å²) in [5, 5.41) is 2.60. The SMILES string of the molecule is CNC(=O)c1cccc(-c2cnc3[nH]cc(C(=O)CC(C)C)c3n2)c1. The molecule has 0 saturated heterocycles. The third-order valence-corrected chi connectivity index (χ3v) is 3.92. The molecule has 6 nitrogen and oxygen atoms in total. The lowest BCUT2D eigenvalue weighted by Gasteiger charge is -2.05. The Kier molecular flexibility index (Phi) is 4.61. The van der Waals surface area contributed by atoms with Gasteiger partial charge in [0.2, 0.25) is 0 Å². The highest BCUT2D eigenvalue weighted by atomic mass is 16.1. The maximum absolute atomic E-state index is 12.4. The van der Waals surface area contributed by atoms with Crippen molar-refractivity contribution in [2.75, 3.05) is 7.05 Å². The van der Waals surface area contributed by atoms with E-state index in [0.29, 0.717) is 34.4 Å². The molecule has 3 aromatic rings. The number of aromatic amines is 1. The normalized spacial score (nSPS) is 11.0. The predicted octanol–water partition coefficient (Wildman–Crippen LogP) is 3.21. The Balaban J connectivity index is 2.04. The van der Waals surface area contributed by atoms with Gasteiger partial charge in [-0.2, -0.15) is 0 Å². The number of aromatic nitrogens is 3. The van der Waals surface area contributed by atoms with Crippen molar-refractivity contribution in [2.45, 2.75) is 20.3 Å². The number of carbonyl (C=O) groups is 2. The van der Waals surface area contributed by atoms with Gasteiger partial charge >= 0.3 is 0 Å². The molecule has 25 heavy (non-hydrogen) atoms. The molecule has 0 radical (unpaired) electrons. The molecule has 0 fully saturated rings. The molecule has 2 N–H and O–H groups in total. The van der Waals surface area contributed by atoms with Gasteiger partial charge in [0.25, 0.3) is 5.91 Å². The topological polar surface area (TPSA) is 87.7 Å². The van der Waals surface area contributed by atoms with Crippen LogP contribution in [-0.4, -0.2) is 33.7 Å². The Morgan fingerprint density at radius 2 is 2.08 bits per heavy atom. The third-order valence-electron chi connectivity index (χ3n) is 3.92. The molecule has 1 amide bonds. The van der Waals surface area contributed by atoms with Crippen molar-refractivity contribution >= 4 is 22.9 Å². The van der Waals surface area contributed by atoms with Gasteiger partial charge in [-0.25, -0.2) is 9.97 Å². The second-order valence-electron chi connectivity index (χ2n) is 6.34. The number of hydrogen-bond acceptors (Lipinski definition) is 4. The van der Waals surface area contributed by atoms with Crippen LogP contribution >= 0.6 is 0 Å². The molecule has 0 aliphatic heterocycles. The van der Waals surface area contributed by atoms with E-state index in [9.17, 15) is 9.59 Å². The van der Waals surface area contributed by atoms with E-state index in [-0.39, 0.29) is 17.6 Å². The van der Waals surface area contributed by atoms with E-state index >= 15 is 0 Å². The van der Waals surface area contributed by atoms with Crippen LogP contribution in [0.5, 0.6) is 0 Å². The number of H-pyrrole nitrogens is 1. The third kappa shape index (κ3) is 3.42. The molecular weight excluding hydrogens is 316 g/mol. The van der Waals surface area contributed by atoms with E-state index in [2.05, 4.69) is 20.3 Å². The molecule has 0 unspecified atom stereocenters. The van der Waals surface area contributed by atoms with Gasteiger partial charge in [-0.15, -0.1) is 0 Å². The van der Waals surface area contributed by atoms with Crippen LogP contribution in [0.1, 0.15) is 41.0 Å². The number of hydrogen-bond donors (Lipinski definition) is 2. The van der Waals surface area contributed by atoms with Gasteiger partial charge in [-0.05, 0) is 18.1 Å². The summed E-state index contributed by atoms with van der Waals surface area (Å²) in [7, 11) is 1.59. The van der Waals surface area contributed by atoms with Crippen LogP contribution in [0.3, 0.4) is 0 Å². The Labute approximate surface area is 145 Å². The highest BCUT2D eigenvalue weighted by Crippen LogP contribution is 2.23. The van der Waals surface area contributed by atoms with Gasteiger partial charge in [0.05, 0.1) is 17.5 Å². The minimum Gasteiger partial charge on any atom is -0.355 e. The number of benzene rings is 1. The summed E-state index contributed by atoms with van der Waals surface area (Å²) in [4.78, 5) is 36.2. The van der Waals surface area contributed by atoms with Crippen LogP contribution < -0.4 is 5.32 Å². The Morgan fingerprint density at radius 1 is 1.28 bits per heavy atom. The first-order valence-electron chi connectivity index (χ1n) is 8.19.